The van der Waals surface area contributed by atoms with Crippen molar-refractivity contribution >= 4 is 17.6 Å². The Bertz CT molecular complexity index is 549. The first kappa shape index (κ1) is 15.5. The molecule has 0 aromatic heterocycles. The number of nitrogens with zero attached hydrogens (tertiary/aromatic N) is 1. The zero-order valence-electron chi connectivity index (χ0n) is 12.9. The fraction of sp³-hybridized carbons (Fsp3) is 0.500. The predicted octanol–water partition coefficient (Wildman–Crippen LogP) is 1.85. The number of hydrogen-bond acceptors (Lipinski definition) is 4. The smallest absolute Gasteiger partial charge is 0.316 e. The molecule has 0 aliphatic carbocycles. The minimum absolute atomic E-state index is 0.0742. The Hall–Kier alpha value is -1.88. The predicted molar refractivity (Wildman–Crippen MR) is 79.2 cm³/mol. The van der Waals surface area contributed by atoms with Gasteiger partial charge in [-0.05, 0) is 25.0 Å². The third kappa shape index (κ3) is 2.65. The maximum atomic E-state index is 12.5. The Morgan fingerprint density at radius 3 is 2.43 bits per heavy atom. The van der Waals surface area contributed by atoms with Crippen LogP contribution in [0.5, 0.6) is 0 Å². The molecule has 1 heterocycles. The molecule has 5 heteroatoms. The van der Waals surface area contributed by atoms with Gasteiger partial charge in [0.05, 0.1) is 13.7 Å². The highest BCUT2D eigenvalue weighted by molar-refractivity contribution is 6.02. The van der Waals surface area contributed by atoms with Gasteiger partial charge in [-0.2, -0.15) is 0 Å². The van der Waals surface area contributed by atoms with Gasteiger partial charge in [-0.3, -0.25) is 9.59 Å². The number of esters is 1. The van der Waals surface area contributed by atoms with E-state index < -0.39 is 11.4 Å². The quantitative estimate of drug-likeness (QED) is 0.794. The van der Waals surface area contributed by atoms with Gasteiger partial charge >= 0.3 is 5.97 Å². The number of anilines is 1. The van der Waals surface area contributed by atoms with E-state index in [1.165, 1.54) is 14.2 Å². The molecule has 1 amide bonds. The molecule has 2 rings (SSSR count). The molecule has 1 aliphatic heterocycles. The first-order valence-corrected chi connectivity index (χ1v) is 6.89. The van der Waals surface area contributed by atoms with E-state index in [1.807, 2.05) is 32.0 Å². The highest BCUT2D eigenvalue weighted by atomic mass is 16.5. The Labute approximate surface area is 124 Å². The molecule has 1 fully saturated rings. The van der Waals surface area contributed by atoms with Crippen molar-refractivity contribution in [3.63, 3.8) is 0 Å². The van der Waals surface area contributed by atoms with Crippen LogP contribution in [-0.4, -0.2) is 39.2 Å². The zero-order chi connectivity index (χ0) is 15.6. The second-order valence-corrected chi connectivity index (χ2v) is 5.60. The van der Waals surface area contributed by atoms with Crippen LogP contribution in [0.3, 0.4) is 0 Å². The van der Waals surface area contributed by atoms with Gasteiger partial charge < -0.3 is 14.4 Å². The number of rotatable bonds is 4. The van der Waals surface area contributed by atoms with Crippen LogP contribution in [-0.2, 0) is 19.1 Å². The number of para-hydroxylation sites is 1. The lowest BCUT2D eigenvalue weighted by Crippen LogP contribution is -2.39. The lowest BCUT2D eigenvalue weighted by atomic mass is 9.88. The lowest BCUT2D eigenvalue weighted by Gasteiger charge is -2.26. The van der Waals surface area contributed by atoms with Gasteiger partial charge in [-0.25, -0.2) is 0 Å². The third-order valence-corrected chi connectivity index (χ3v) is 4.00. The number of carbonyl (C=O) groups excluding carboxylic acids is 2. The fourth-order valence-corrected chi connectivity index (χ4v) is 3.05. The van der Waals surface area contributed by atoms with E-state index in [1.54, 1.807) is 4.90 Å². The summed E-state index contributed by atoms with van der Waals surface area (Å²) in [5, 5.41) is 0. The number of aryl methyl sites for hydroxylation is 2. The highest BCUT2D eigenvalue weighted by Crippen LogP contribution is 2.38. The second-order valence-electron chi connectivity index (χ2n) is 5.60. The molecule has 0 N–H and O–H groups in total. The monoisotopic (exact) mass is 291 g/mol. The molecule has 5 nitrogen and oxygen atoms in total. The summed E-state index contributed by atoms with van der Waals surface area (Å²) in [5.74, 6) is -0.471. The first-order chi connectivity index (χ1) is 9.95. The van der Waals surface area contributed by atoms with Gasteiger partial charge in [0, 0.05) is 25.8 Å². The van der Waals surface area contributed by atoms with Crippen LogP contribution < -0.4 is 4.90 Å². The van der Waals surface area contributed by atoms with E-state index in [2.05, 4.69) is 0 Å². The topological polar surface area (TPSA) is 55.8 Å². The average molecular weight is 291 g/mol. The summed E-state index contributed by atoms with van der Waals surface area (Å²) in [6.45, 7) is 4.39. The van der Waals surface area contributed by atoms with E-state index in [9.17, 15) is 9.59 Å². The van der Waals surface area contributed by atoms with E-state index >= 15 is 0 Å². The standard InChI is InChI=1S/C16H21NO4/c1-11-6-5-7-12(2)14(11)17-9-16(10-20-3,8-13(17)18)15(19)21-4/h5-7H,8-10H2,1-4H3. The summed E-state index contributed by atoms with van der Waals surface area (Å²) in [7, 11) is 2.86. The van der Waals surface area contributed by atoms with Crippen LogP contribution in [0.2, 0.25) is 0 Å². The van der Waals surface area contributed by atoms with Crippen molar-refractivity contribution in [1.29, 1.82) is 0 Å². The number of carbonyl (C=O) groups is 2. The van der Waals surface area contributed by atoms with Crippen LogP contribution in [0.4, 0.5) is 5.69 Å². The number of ether oxygens (including phenoxy) is 2. The van der Waals surface area contributed by atoms with Crippen LogP contribution >= 0.6 is 0 Å². The SMILES string of the molecule is COCC1(C(=O)OC)CC(=O)N(c2c(C)cccc2C)C1. The number of amides is 1. The lowest BCUT2D eigenvalue weighted by molar-refractivity contribution is -0.155. The van der Waals surface area contributed by atoms with Gasteiger partial charge in [0.2, 0.25) is 5.91 Å². The summed E-state index contributed by atoms with van der Waals surface area (Å²) in [4.78, 5) is 26.3. The molecule has 1 saturated heterocycles. The summed E-state index contributed by atoms with van der Waals surface area (Å²) in [6.07, 6.45) is 0.112. The molecule has 0 spiro atoms. The Morgan fingerprint density at radius 2 is 1.90 bits per heavy atom. The van der Waals surface area contributed by atoms with Gasteiger partial charge in [0.25, 0.3) is 0 Å². The van der Waals surface area contributed by atoms with Crippen molar-refractivity contribution in [3.05, 3.63) is 29.3 Å². The molecule has 1 unspecified atom stereocenters. The highest BCUT2D eigenvalue weighted by Gasteiger charge is 2.50. The zero-order valence-corrected chi connectivity index (χ0v) is 12.9. The normalized spacial score (nSPS) is 21.7. The van der Waals surface area contributed by atoms with Crippen LogP contribution in [0, 0.1) is 19.3 Å². The van der Waals surface area contributed by atoms with Crippen molar-refractivity contribution in [2.45, 2.75) is 20.3 Å². The van der Waals surface area contributed by atoms with Crippen molar-refractivity contribution < 1.29 is 19.1 Å². The molecule has 1 aromatic carbocycles. The fourth-order valence-electron chi connectivity index (χ4n) is 3.05. The van der Waals surface area contributed by atoms with Gasteiger partial charge in [-0.1, -0.05) is 18.2 Å². The van der Waals surface area contributed by atoms with Crippen LogP contribution in [0.25, 0.3) is 0 Å². The van der Waals surface area contributed by atoms with E-state index in [4.69, 9.17) is 9.47 Å². The summed E-state index contributed by atoms with van der Waals surface area (Å²) >= 11 is 0. The molecule has 0 radical (unpaired) electrons. The van der Waals surface area contributed by atoms with E-state index in [0.29, 0.717) is 0 Å². The molecule has 0 bridgehead atoms. The van der Waals surface area contributed by atoms with Crippen LogP contribution in [0.15, 0.2) is 18.2 Å². The summed E-state index contributed by atoms with van der Waals surface area (Å²) in [5.41, 5.74) is 1.99. The van der Waals surface area contributed by atoms with E-state index in [0.717, 1.165) is 16.8 Å². The molecule has 1 aliphatic rings. The van der Waals surface area contributed by atoms with Gasteiger partial charge in [-0.15, -0.1) is 0 Å². The van der Waals surface area contributed by atoms with Crippen LogP contribution in [0.1, 0.15) is 17.5 Å². The maximum Gasteiger partial charge on any atom is 0.316 e. The van der Waals surface area contributed by atoms with Crippen molar-refractivity contribution in [3.8, 4) is 0 Å². The Balaban J connectivity index is 2.40. The molecule has 0 saturated carbocycles. The minimum atomic E-state index is -0.921. The molecular weight excluding hydrogens is 270 g/mol. The molecule has 21 heavy (non-hydrogen) atoms. The average Bonchev–Trinajstić information content (AvgIpc) is 2.76. The largest absolute Gasteiger partial charge is 0.468 e. The summed E-state index contributed by atoms with van der Waals surface area (Å²) in [6, 6.07) is 5.88. The number of hydrogen-bond donors (Lipinski definition) is 0. The number of methoxy groups -OCH3 is 2. The molecule has 1 atom stereocenters. The van der Waals surface area contributed by atoms with Gasteiger partial charge in [0.1, 0.15) is 5.41 Å². The summed E-state index contributed by atoms with van der Waals surface area (Å²) < 4.78 is 10.1. The first-order valence-electron chi connectivity index (χ1n) is 6.89. The molecule has 1 aromatic rings. The third-order valence-electron chi connectivity index (χ3n) is 4.00. The molecule has 114 valence electrons. The second kappa shape index (κ2) is 5.85. The molecular formula is C16H21NO4. The Kier molecular flexibility index (Phi) is 4.32. The Morgan fingerprint density at radius 1 is 1.29 bits per heavy atom. The van der Waals surface area contributed by atoms with Crippen molar-refractivity contribution in [2.24, 2.45) is 5.41 Å². The van der Waals surface area contributed by atoms with Crippen molar-refractivity contribution in [2.75, 3.05) is 32.3 Å². The number of benzene rings is 1. The van der Waals surface area contributed by atoms with Gasteiger partial charge in [0.15, 0.2) is 0 Å². The van der Waals surface area contributed by atoms with Crippen molar-refractivity contribution in [1.82, 2.24) is 0 Å². The minimum Gasteiger partial charge on any atom is -0.468 e. The van der Waals surface area contributed by atoms with E-state index in [-0.39, 0.29) is 25.5 Å². The maximum absolute atomic E-state index is 12.5.